The number of nitrogens with zero attached hydrogens (tertiary/aromatic N) is 1. The molecule has 10 nitrogen and oxygen atoms in total. The van der Waals surface area contributed by atoms with Crippen molar-refractivity contribution in [2.24, 2.45) is 0 Å². The Morgan fingerprint density at radius 2 is 1.29 bits per heavy atom. The number of rotatable bonds is 25. The highest BCUT2D eigenvalue weighted by Gasteiger charge is 2.14. The molecule has 1 amide bonds. The van der Waals surface area contributed by atoms with Crippen LogP contribution in [0.5, 0.6) is 0 Å². The van der Waals surface area contributed by atoms with Gasteiger partial charge < -0.3 is 33.2 Å². The minimum Gasteiger partial charge on any atom is -0.756 e. The largest absolute Gasteiger partial charge is 0.756 e. The van der Waals surface area contributed by atoms with Crippen LogP contribution in [0, 0.1) is 0 Å². The van der Waals surface area contributed by atoms with Crippen molar-refractivity contribution < 1.29 is 42.1 Å². The van der Waals surface area contributed by atoms with E-state index in [1.54, 1.807) is 0 Å². The van der Waals surface area contributed by atoms with E-state index in [9.17, 15) is 19.0 Å². The summed E-state index contributed by atoms with van der Waals surface area (Å²) < 4.78 is 31.1. The van der Waals surface area contributed by atoms with Crippen molar-refractivity contribution in [3.05, 3.63) is 48.6 Å². The number of likely N-dealkylation sites (N-methyl/N-ethyl adjacent to an activating group) is 1. The molecule has 0 aliphatic rings. The highest BCUT2D eigenvalue weighted by atomic mass is 31.2. The van der Waals surface area contributed by atoms with Gasteiger partial charge in [0.1, 0.15) is 26.4 Å². The van der Waals surface area contributed by atoms with Crippen LogP contribution in [-0.2, 0) is 27.9 Å². The molecular weight excluding hydrogens is 547 g/mol. The van der Waals surface area contributed by atoms with Gasteiger partial charge in [-0.2, -0.15) is 0 Å². The number of quaternary nitrogens is 1. The Labute approximate surface area is 247 Å². The predicted molar refractivity (Wildman–Crippen MR) is 161 cm³/mol. The fourth-order valence-corrected chi connectivity index (χ4v) is 3.81. The summed E-state index contributed by atoms with van der Waals surface area (Å²) in [5, 5.41) is 2.67. The monoisotopic (exact) mass is 600 g/mol. The van der Waals surface area contributed by atoms with Crippen molar-refractivity contribution in [3.63, 3.8) is 0 Å². The van der Waals surface area contributed by atoms with Crippen molar-refractivity contribution in [2.75, 3.05) is 60.7 Å². The van der Waals surface area contributed by atoms with Crippen LogP contribution >= 0.6 is 7.82 Å². The van der Waals surface area contributed by atoms with E-state index in [4.69, 9.17) is 14.0 Å². The molecule has 0 aromatic carbocycles. The number of hydrogen-bond acceptors (Lipinski definition) is 8. The molecule has 0 aliphatic heterocycles. The number of nitrogens with one attached hydrogen (secondary N) is 1. The Hall–Kier alpha value is -2.23. The van der Waals surface area contributed by atoms with Crippen LogP contribution in [0.1, 0.15) is 71.1 Å². The van der Waals surface area contributed by atoms with Crippen molar-refractivity contribution >= 4 is 19.9 Å². The molecule has 11 heteroatoms. The molecule has 0 heterocycles. The third-order valence-corrected chi connectivity index (χ3v) is 6.44. The van der Waals surface area contributed by atoms with Gasteiger partial charge in [-0.1, -0.05) is 68.4 Å². The number of carbonyl (C=O) groups excluding carboxylic acids is 2. The third-order valence-electron chi connectivity index (χ3n) is 5.44. The molecule has 0 aliphatic carbocycles. The summed E-state index contributed by atoms with van der Waals surface area (Å²) in [6, 6.07) is 0. The molecule has 0 saturated carbocycles. The molecule has 1 atom stereocenters. The van der Waals surface area contributed by atoms with E-state index >= 15 is 0 Å². The zero-order valence-corrected chi connectivity index (χ0v) is 26.5. The van der Waals surface area contributed by atoms with Crippen LogP contribution in [-0.4, -0.2) is 77.2 Å². The maximum Gasteiger partial charge on any atom is 0.508 e. The lowest BCUT2D eigenvalue weighted by Gasteiger charge is -2.27. The smallest absolute Gasteiger partial charge is 0.508 e. The quantitative estimate of drug-likeness (QED) is 0.0472. The molecule has 0 bridgehead atoms. The predicted octanol–water partition coefficient (Wildman–Crippen LogP) is 5.61. The highest BCUT2D eigenvalue weighted by molar-refractivity contribution is 7.45. The average Bonchev–Trinajstić information content (AvgIpc) is 2.90. The minimum absolute atomic E-state index is 0.0105. The lowest BCUT2D eigenvalue weighted by Crippen LogP contribution is -2.37. The third kappa shape index (κ3) is 30.6. The summed E-state index contributed by atoms with van der Waals surface area (Å²) in [4.78, 5) is 35.0. The number of amides is 1. The van der Waals surface area contributed by atoms with Crippen LogP contribution in [0.2, 0.25) is 0 Å². The van der Waals surface area contributed by atoms with Crippen LogP contribution < -0.4 is 10.2 Å². The van der Waals surface area contributed by atoms with Gasteiger partial charge in [0.25, 0.3) is 7.82 Å². The number of hydrogen-bond donors (Lipinski definition) is 1. The zero-order valence-electron chi connectivity index (χ0n) is 25.6. The first-order valence-corrected chi connectivity index (χ1v) is 16.1. The van der Waals surface area contributed by atoms with Gasteiger partial charge in [0.15, 0.2) is 0 Å². The second kappa shape index (κ2) is 25.5. The van der Waals surface area contributed by atoms with Crippen molar-refractivity contribution in [2.45, 2.75) is 71.1 Å². The summed E-state index contributed by atoms with van der Waals surface area (Å²) in [7, 11) is 1.25. The summed E-state index contributed by atoms with van der Waals surface area (Å²) in [6.07, 6.45) is 26.1. The fourth-order valence-electron chi connectivity index (χ4n) is 3.13. The van der Waals surface area contributed by atoms with Gasteiger partial charge in [-0.05, 0) is 44.9 Å². The zero-order chi connectivity index (χ0) is 30.7. The maximum absolute atomic E-state index is 11.9. The summed E-state index contributed by atoms with van der Waals surface area (Å²) in [5.74, 6) is -0.122. The van der Waals surface area contributed by atoms with E-state index in [1.807, 2.05) is 21.1 Å². The summed E-state index contributed by atoms with van der Waals surface area (Å²) >= 11 is 0. The van der Waals surface area contributed by atoms with Crippen molar-refractivity contribution in [1.29, 1.82) is 0 Å². The molecule has 236 valence electrons. The van der Waals surface area contributed by atoms with E-state index < -0.39 is 14.0 Å². The lowest BCUT2D eigenvalue weighted by molar-refractivity contribution is -0.870. The second-order valence-corrected chi connectivity index (χ2v) is 11.8. The molecule has 0 aromatic rings. The van der Waals surface area contributed by atoms with Crippen LogP contribution in [0.4, 0.5) is 4.79 Å². The van der Waals surface area contributed by atoms with Gasteiger partial charge in [0.05, 0.1) is 34.3 Å². The number of phosphoric acid groups is 1. The normalized spacial score (nSPS) is 13.9. The molecule has 1 N–H and O–H groups in total. The molecular formula is C30H53N2O8P. The van der Waals surface area contributed by atoms with E-state index in [0.29, 0.717) is 17.4 Å². The topological polar surface area (TPSA) is 123 Å². The van der Waals surface area contributed by atoms with Gasteiger partial charge in [-0.3, -0.25) is 9.36 Å². The van der Waals surface area contributed by atoms with Crippen LogP contribution in [0.15, 0.2) is 48.6 Å². The number of carbonyl (C=O) groups is 2. The average molecular weight is 601 g/mol. The number of unbranched alkanes of at least 4 members (excludes halogenated alkanes) is 4. The second-order valence-electron chi connectivity index (χ2n) is 10.4. The Morgan fingerprint density at radius 3 is 1.88 bits per heavy atom. The van der Waals surface area contributed by atoms with Gasteiger partial charge in [0, 0.05) is 6.42 Å². The number of allylic oxidation sites excluding steroid dienone is 8. The Morgan fingerprint density at radius 1 is 0.756 bits per heavy atom. The van der Waals surface area contributed by atoms with Gasteiger partial charge >= 0.3 is 6.16 Å². The first-order valence-electron chi connectivity index (χ1n) is 14.6. The Kier molecular flexibility index (Phi) is 24.1. The van der Waals surface area contributed by atoms with Gasteiger partial charge in [-0.15, -0.1) is 0 Å². The molecule has 0 radical (unpaired) electrons. The van der Waals surface area contributed by atoms with E-state index in [0.717, 1.165) is 32.1 Å². The standard InChI is InChI=1S/C30H53N2O8P/c1-5-6-7-8-9-10-11-12-13-14-15-16-17-18-19-20-21-22-29(33)31-23-25-37-30(34)38-27-28-40-41(35,36)39-26-24-32(2,3)4/h9-10,12-13,15-16,18-19H,5-8,11,14,17,20-28H2,1-4H3,(H-,31,33,35,36)/b10-9-,13-12-,16-15-,19-18-. The summed E-state index contributed by atoms with van der Waals surface area (Å²) in [6.45, 7) is 2.10. The highest BCUT2D eigenvalue weighted by Crippen LogP contribution is 2.37. The molecule has 0 saturated heterocycles. The molecule has 0 rings (SSSR count). The molecule has 41 heavy (non-hydrogen) atoms. The summed E-state index contributed by atoms with van der Waals surface area (Å²) in [5.41, 5.74) is 0. The van der Waals surface area contributed by atoms with E-state index in [2.05, 4.69) is 65.4 Å². The number of phosphoric ester groups is 1. The van der Waals surface area contributed by atoms with Gasteiger partial charge in [-0.25, -0.2) is 4.79 Å². The lowest BCUT2D eigenvalue weighted by atomic mass is 10.2. The van der Waals surface area contributed by atoms with Gasteiger partial charge in [0.2, 0.25) is 5.91 Å². The fraction of sp³-hybridized carbons (Fsp3) is 0.667. The Balaban J connectivity index is 3.66. The van der Waals surface area contributed by atoms with E-state index in [-0.39, 0.29) is 38.9 Å². The molecule has 1 unspecified atom stereocenters. The van der Waals surface area contributed by atoms with Crippen molar-refractivity contribution in [1.82, 2.24) is 5.32 Å². The number of ether oxygens (including phenoxy) is 2. The first kappa shape index (κ1) is 38.8. The molecule has 0 fully saturated rings. The SMILES string of the molecule is CCCCC/C=C\C/C=C\C/C=C\C/C=C\CCCC(=O)NCCOC(=O)OCCOP(=O)([O-])OCC[N+](C)(C)C. The molecule has 0 aromatic heterocycles. The van der Waals surface area contributed by atoms with E-state index in [1.165, 1.54) is 25.7 Å². The van der Waals surface area contributed by atoms with Crippen LogP contribution in [0.3, 0.4) is 0 Å². The first-order chi connectivity index (χ1) is 19.6. The minimum atomic E-state index is -4.46. The maximum atomic E-state index is 11.9. The van der Waals surface area contributed by atoms with Crippen molar-refractivity contribution in [3.8, 4) is 0 Å². The molecule has 0 spiro atoms. The van der Waals surface area contributed by atoms with Crippen LogP contribution in [0.25, 0.3) is 0 Å². The Bertz CT molecular complexity index is 850.